The highest BCUT2D eigenvalue weighted by Crippen LogP contribution is 2.34. The van der Waals surface area contributed by atoms with Crippen LogP contribution in [0.25, 0.3) is 21.3 Å². The third-order valence-corrected chi connectivity index (χ3v) is 4.69. The van der Waals surface area contributed by atoms with Crippen LogP contribution in [-0.4, -0.2) is 34.2 Å². The van der Waals surface area contributed by atoms with Gasteiger partial charge in [0.05, 0.1) is 30.6 Å². The molecule has 0 aliphatic rings. The lowest BCUT2D eigenvalue weighted by molar-refractivity contribution is 0.343. The van der Waals surface area contributed by atoms with Crippen LogP contribution >= 0.6 is 11.3 Å². The van der Waals surface area contributed by atoms with E-state index in [-0.39, 0.29) is 0 Å². The van der Waals surface area contributed by atoms with Crippen LogP contribution in [0.3, 0.4) is 0 Å². The molecule has 0 unspecified atom stereocenters. The van der Waals surface area contributed by atoms with Gasteiger partial charge in [0.15, 0.2) is 16.7 Å². The van der Waals surface area contributed by atoms with Crippen molar-refractivity contribution in [2.24, 2.45) is 0 Å². The summed E-state index contributed by atoms with van der Waals surface area (Å²) in [7, 11) is 3.17. The molecule has 1 N–H and O–H groups in total. The van der Waals surface area contributed by atoms with Crippen molar-refractivity contribution >= 4 is 32.5 Å². The summed E-state index contributed by atoms with van der Waals surface area (Å²) in [6.45, 7) is 4.00. The zero-order valence-electron chi connectivity index (χ0n) is 16.1. The van der Waals surface area contributed by atoms with E-state index < -0.39 is 0 Å². The van der Waals surface area contributed by atoms with Gasteiger partial charge in [0, 0.05) is 24.2 Å². The minimum atomic E-state index is 0.463. The maximum absolute atomic E-state index is 5.34. The Kier molecular flexibility index (Phi) is 6.33. The van der Waals surface area contributed by atoms with Gasteiger partial charge < -0.3 is 14.8 Å². The summed E-state index contributed by atoms with van der Waals surface area (Å²) in [5.41, 5.74) is 2.89. The molecule has 0 aliphatic carbocycles. The van der Waals surface area contributed by atoms with Gasteiger partial charge in [-0.25, -0.2) is 15.0 Å². The molecule has 0 aliphatic heterocycles. The molecular weight excluding hydrogens is 374 g/mol. The van der Waals surface area contributed by atoms with Crippen LogP contribution in [0.15, 0.2) is 49.1 Å². The fourth-order valence-electron chi connectivity index (χ4n) is 2.52. The molecule has 7 nitrogen and oxygen atoms in total. The molecular formula is C20H21N5O2S. The van der Waals surface area contributed by atoms with Gasteiger partial charge in [0.1, 0.15) is 0 Å². The molecule has 0 saturated carbocycles. The third-order valence-electron chi connectivity index (χ3n) is 3.75. The van der Waals surface area contributed by atoms with E-state index in [1.54, 1.807) is 50.3 Å². The van der Waals surface area contributed by atoms with Crippen LogP contribution in [0.2, 0.25) is 0 Å². The molecule has 3 aromatic heterocycles. The Hall–Kier alpha value is -3.26. The van der Waals surface area contributed by atoms with E-state index in [0.29, 0.717) is 17.4 Å². The predicted molar refractivity (Wildman–Crippen MR) is 113 cm³/mol. The maximum Gasteiger partial charge on any atom is 0.256 e. The predicted octanol–water partition coefficient (Wildman–Crippen LogP) is 4.94. The van der Waals surface area contributed by atoms with Crippen molar-refractivity contribution in [1.29, 1.82) is 0 Å². The summed E-state index contributed by atoms with van der Waals surface area (Å²) < 4.78 is 11.6. The number of anilines is 2. The lowest BCUT2D eigenvalue weighted by Gasteiger charge is -2.08. The van der Waals surface area contributed by atoms with Crippen LogP contribution in [-0.2, 0) is 0 Å². The first-order valence-electron chi connectivity index (χ1n) is 8.79. The Morgan fingerprint density at radius 2 is 1.79 bits per heavy atom. The molecule has 0 radical (unpaired) electrons. The summed E-state index contributed by atoms with van der Waals surface area (Å²) in [5, 5.41) is 3.94. The van der Waals surface area contributed by atoms with Crippen molar-refractivity contribution in [1.82, 2.24) is 19.9 Å². The molecule has 3 heterocycles. The number of nitrogens with one attached hydrogen (secondary N) is 1. The molecule has 0 spiro atoms. The Morgan fingerprint density at radius 3 is 2.50 bits per heavy atom. The molecule has 0 bridgehead atoms. The van der Waals surface area contributed by atoms with Gasteiger partial charge in [0.25, 0.3) is 5.88 Å². The van der Waals surface area contributed by atoms with Gasteiger partial charge in [-0.1, -0.05) is 31.3 Å². The first-order chi connectivity index (χ1) is 13.8. The van der Waals surface area contributed by atoms with Crippen molar-refractivity contribution in [3.05, 3.63) is 49.1 Å². The van der Waals surface area contributed by atoms with Gasteiger partial charge in [-0.15, -0.1) is 0 Å². The molecule has 4 rings (SSSR count). The number of rotatable bonds is 5. The van der Waals surface area contributed by atoms with Crippen molar-refractivity contribution in [2.75, 3.05) is 19.5 Å². The van der Waals surface area contributed by atoms with E-state index in [4.69, 9.17) is 9.47 Å². The fourth-order valence-corrected chi connectivity index (χ4v) is 3.43. The van der Waals surface area contributed by atoms with Crippen LogP contribution in [0.5, 0.6) is 11.6 Å². The molecule has 0 saturated heterocycles. The Labute approximate surface area is 167 Å². The van der Waals surface area contributed by atoms with E-state index >= 15 is 0 Å². The Bertz CT molecular complexity index is 1050. The van der Waals surface area contributed by atoms with Crippen LogP contribution in [0.4, 0.5) is 10.9 Å². The summed E-state index contributed by atoms with van der Waals surface area (Å²) in [6, 6.07) is 7.99. The lowest BCUT2D eigenvalue weighted by Crippen LogP contribution is -1.93. The lowest BCUT2D eigenvalue weighted by atomic mass is 10.1. The average molecular weight is 395 g/mol. The monoisotopic (exact) mass is 395 g/mol. The van der Waals surface area contributed by atoms with E-state index in [1.807, 2.05) is 32.0 Å². The number of fused-ring (bicyclic) bond motifs is 1. The minimum Gasteiger partial charge on any atom is -0.491 e. The maximum atomic E-state index is 5.34. The van der Waals surface area contributed by atoms with Gasteiger partial charge >= 0.3 is 0 Å². The number of pyridine rings is 1. The largest absolute Gasteiger partial charge is 0.491 e. The molecule has 0 atom stereocenters. The number of nitrogens with zero attached hydrogens (tertiary/aromatic N) is 4. The van der Waals surface area contributed by atoms with Crippen molar-refractivity contribution in [2.45, 2.75) is 13.8 Å². The molecule has 4 aromatic rings. The standard InChI is InChI=1S/C18H15N5O2S.C2H6/c1-24-14-7-12(9-21-17(14)25-2)11-3-4-13-15(8-11)26-18(22-13)23-16-10-19-5-6-20-16;1-2/h3-10H,1-2H3,(H,20,22,23);1-2H3. The van der Waals surface area contributed by atoms with Gasteiger partial charge in [0.2, 0.25) is 0 Å². The SMILES string of the molecule is CC.COc1cc(-c2ccc3nc(Nc4cnccn4)sc3c2)cnc1OC. The van der Waals surface area contributed by atoms with Crippen molar-refractivity contribution in [3.63, 3.8) is 0 Å². The van der Waals surface area contributed by atoms with E-state index in [0.717, 1.165) is 26.5 Å². The van der Waals surface area contributed by atoms with Gasteiger partial charge in [-0.05, 0) is 23.8 Å². The number of hydrogen-bond donors (Lipinski definition) is 1. The van der Waals surface area contributed by atoms with Crippen LogP contribution < -0.4 is 14.8 Å². The normalized spacial score (nSPS) is 10.1. The number of benzene rings is 1. The summed E-state index contributed by atoms with van der Waals surface area (Å²) in [4.78, 5) is 17.1. The number of hydrogen-bond acceptors (Lipinski definition) is 8. The van der Waals surface area contributed by atoms with Crippen molar-refractivity contribution < 1.29 is 9.47 Å². The topological polar surface area (TPSA) is 82.0 Å². The highest BCUT2D eigenvalue weighted by atomic mass is 32.1. The molecule has 0 fully saturated rings. The zero-order valence-corrected chi connectivity index (χ0v) is 16.9. The molecule has 28 heavy (non-hydrogen) atoms. The summed E-state index contributed by atoms with van der Waals surface area (Å²) in [6.07, 6.45) is 6.69. The fraction of sp³-hybridized carbons (Fsp3) is 0.200. The number of thiazole rings is 1. The Balaban J connectivity index is 0.00000109. The third kappa shape index (κ3) is 4.17. The quantitative estimate of drug-likeness (QED) is 0.513. The van der Waals surface area contributed by atoms with Crippen LogP contribution in [0.1, 0.15) is 13.8 Å². The summed E-state index contributed by atoms with van der Waals surface area (Å²) >= 11 is 1.55. The number of methoxy groups -OCH3 is 2. The van der Waals surface area contributed by atoms with Crippen molar-refractivity contribution in [3.8, 4) is 22.8 Å². The average Bonchev–Trinajstić information content (AvgIpc) is 3.16. The highest BCUT2D eigenvalue weighted by molar-refractivity contribution is 7.22. The van der Waals surface area contributed by atoms with Gasteiger partial charge in [-0.3, -0.25) is 4.98 Å². The smallest absolute Gasteiger partial charge is 0.256 e. The minimum absolute atomic E-state index is 0.463. The van der Waals surface area contributed by atoms with E-state index in [1.165, 1.54) is 0 Å². The number of ether oxygens (including phenoxy) is 2. The van der Waals surface area contributed by atoms with Gasteiger partial charge in [-0.2, -0.15) is 0 Å². The van der Waals surface area contributed by atoms with Crippen LogP contribution in [0, 0.1) is 0 Å². The highest BCUT2D eigenvalue weighted by Gasteiger charge is 2.10. The zero-order chi connectivity index (χ0) is 19.9. The van der Waals surface area contributed by atoms with E-state index in [2.05, 4.69) is 31.3 Å². The Morgan fingerprint density at radius 1 is 0.929 bits per heavy atom. The molecule has 1 aromatic carbocycles. The number of aromatic nitrogens is 4. The second-order valence-corrected chi connectivity index (χ2v) is 6.38. The second-order valence-electron chi connectivity index (χ2n) is 5.35. The first kappa shape index (κ1) is 19.5. The molecule has 8 heteroatoms. The second kappa shape index (κ2) is 9.09. The molecule has 0 amide bonds. The summed E-state index contributed by atoms with van der Waals surface area (Å²) in [5.74, 6) is 1.72. The van der Waals surface area contributed by atoms with E-state index in [9.17, 15) is 0 Å². The molecule has 144 valence electrons. The first-order valence-corrected chi connectivity index (χ1v) is 9.60.